The molecule has 0 aliphatic rings. The predicted molar refractivity (Wildman–Crippen MR) is 79.1 cm³/mol. The third kappa shape index (κ3) is 4.43. The fourth-order valence-electron chi connectivity index (χ4n) is 1.48. The van der Waals surface area contributed by atoms with Crippen molar-refractivity contribution in [1.82, 2.24) is 5.32 Å². The number of amides is 1. The fourth-order valence-corrected chi connectivity index (χ4v) is 2.86. The first-order valence-electron chi connectivity index (χ1n) is 5.51. The number of hydrogen-bond acceptors (Lipinski definition) is 4. The number of alkyl carbamates (subject to hydrolysis) is 1. The SMILES string of the molecule is COC(=O)NCCN(c1cccc(Cl)c1Cl)S(C)(=O)=O. The van der Waals surface area contributed by atoms with Crippen molar-refractivity contribution >= 4 is 45.0 Å². The maximum absolute atomic E-state index is 11.8. The lowest BCUT2D eigenvalue weighted by molar-refractivity contribution is 0.171. The monoisotopic (exact) mass is 340 g/mol. The molecule has 0 bridgehead atoms. The predicted octanol–water partition coefficient (Wildman–Crippen LogP) is 2.12. The van der Waals surface area contributed by atoms with Crippen molar-refractivity contribution < 1.29 is 17.9 Å². The van der Waals surface area contributed by atoms with E-state index in [9.17, 15) is 13.2 Å². The van der Waals surface area contributed by atoms with E-state index >= 15 is 0 Å². The molecule has 0 aromatic heterocycles. The summed E-state index contributed by atoms with van der Waals surface area (Å²) in [7, 11) is -2.34. The van der Waals surface area contributed by atoms with Gasteiger partial charge in [-0.15, -0.1) is 0 Å². The zero-order valence-corrected chi connectivity index (χ0v) is 13.2. The fraction of sp³-hybridized carbons (Fsp3) is 0.364. The maximum Gasteiger partial charge on any atom is 0.406 e. The highest BCUT2D eigenvalue weighted by atomic mass is 35.5. The lowest BCUT2D eigenvalue weighted by Crippen LogP contribution is -2.38. The van der Waals surface area contributed by atoms with E-state index in [0.717, 1.165) is 10.6 Å². The highest BCUT2D eigenvalue weighted by molar-refractivity contribution is 7.92. The normalized spacial score (nSPS) is 11.0. The number of halogens is 2. The van der Waals surface area contributed by atoms with Gasteiger partial charge in [-0.1, -0.05) is 29.3 Å². The highest BCUT2D eigenvalue weighted by Gasteiger charge is 2.21. The molecule has 0 atom stereocenters. The number of methoxy groups -OCH3 is 1. The molecule has 0 spiro atoms. The molecular weight excluding hydrogens is 327 g/mol. The van der Waals surface area contributed by atoms with Crippen LogP contribution in [0, 0.1) is 0 Å². The molecule has 9 heteroatoms. The standard InChI is InChI=1S/C11H14Cl2N2O4S/c1-19-11(16)14-6-7-15(20(2,17)18)9-5-3-4-8(12)10(9)13/h3-5H,6-7H2,1-2H3,(H,14,16). The molecule has 1 N–H and O–H groups in total. The molecule has 0 saturated carbocycles. The lowest BCUT2D eigenvalue weighted by Gasteiger charge is -2.23. The van der Waals surface area contributed by atoms with Gasteiger partial charge in [-0.25, -0.2) is 13.2 Å². The van der Waals surface area contributed by atoms with Crippen molar-refractivity contribution in [2.24, 2.45) is 0 Å². The summed E-state index contributed by atoms with van der Waals surface area (Å²) >= 11 is 11.9. The van der Waals surface area contributed by atoms with E-state index in [2.05, 4.69) is 10.1 Å². The Morgan fingerprint density at radius 3 is 2.60 bits per heavy atom. The van der Waals surface area contributed by atoms with Gasteiger partial charge in [0.1, 0.15) is 0 Å². The molecule has 0 radical (unpaired) electrons. The number of nitrogens with zero attached hydrogens (tertiary/aromatic N) is 1. The minimum atomic E-state index is -3.56. The Labute approximate surface area is 127 Å². The number of benzene rings is 1. The molecule has 0 fully saturated rings. The number of sulfonamides is 1. The van der Waals surface area contributed by atoms with Gasteiger partial charge in [-0.05, 0) is 12.1 Å². The molecule has 6 nitrogen and oxygen atoms in total. The molecule has 112 valence electrons. The third-order valence-electron chi connectivity index (χ3n) is 2.37. The molecule has 1 aromatic carbocycles. The Bertz CT molecular complexity index is 592. The number of anilines is 1. The van der Waals surface area contributed by atoms with Crippen LogP contribution < -0.4 is 9.62 Å². The summed E-state index contributed by atoms with van der Waals surface area (Å²) in [6.45, 7) is 0.0799. The second-order valence-electron chi connectivity index (χ2n) is 3.83. The first-order valence-corrected chi connectivity index (χ1v) is 8.11. The lowest BCUT2D eigenvalue weighted by atomic mass is 10.3. The Hall–Kier alpha value is -1.18. The number of hydrogen-bond donors (Lipinski definition) is 1. The molecule has 0 saturated heterocycles. The Balaban J connectivity index is 2.97. The van der Waals surface area contributed by atoms with Gasteiger partial charge in [-0.2, -0.15) is 0 Å². The summed E-state index contributed by atoms with van der Waals surface area (Å²) in [5.74, 6) is 0. The van der Waals surface area contributed by atoms with Gasteiger partial charge in [0.05, 0.1) is 35.6 Å². The average Bonchev–Trinajstić information content (AvgIpc) is 2.37. The third-order valence-corrected chi connectivity index (χ3v) is 4.36. The van der Waals surface area contributed by atoms with E-state index in [4.69, 9.17) is 23.2 Å². The van der Waals surface area contributed by atoms with Crippen LogP contribution in [0.3, 0.4) is 0 Å². The molecule has 1 amide bonds. The minimum absolute atomic E-state index is 0.00793. The van der Waals surface area contributed by atoms with Gasteiger partial charge >= 0.3 is 6.09 Å². The quantitative estimate of drug-likeness (QED) is 0.890. The summed E-state index contributed by atoms with van der Waals surface area (Å²) in [5, 5.41) is 2.78. The van der Waals surface area contributed by atoms with E-state index in [0.29, 0.717) is 0 Å². The van der Waals surface area contributed by atoms with Gasteiger partial charge in [-0.3, -0.25) is 4.31 Å². The summed E-state index contributed by atoms with van der Waals surface area (Å²) in [6, 6.07) is 4.68. The zero-order valence-electron chi connectivity index (χ0n) is 10.9. The minimum Gasteiger partial charge on any atom is -0.453 e. The summed E-state index contributed by atoms with van der Waals surface area (Å²) in [4.78, 5) is 11.0. The van der Waals surface area contributed by atoms with Crippen molar-refractivity contribution in [3.05, 3.63) is 28.2 Å². The Morgan fingerprint density at radius 1 is 1.40 bits per heavy atom. The number of rotatable bonds is 5. The molecular formula is C11H14Cl2N2O4S. The molecule has 1 aromatic rings. The van der Waals surface area contributed by atoms with Crippen LogP contribution in [0.5, 0.6) is 0 Å². The molecule has 0 unspecified atom stereocenters. The van der Waals surface area contributed by atoms with Gasteiger partial charge in [0, 0.05) is 6.54 Å². The summed E-state index contributed by atoms with van der Waals surface area (Å²) in [6.07, 6.45) is 0.401. The topological polar surface area (TPSA) is 75.7 Å². The molecule has 20 heavy (non-hydrogen) atoms. The van der Waals surface area contributed by atoms with Gasteiger partial charge in [0.25, 0.3) is 0 Å². The van der Waals surface area contributed by atoms with E-state index < -0.39 is 16.1 Å². The van der Waals surface area contributed by atoms with E-state index in [1.807, 2.05) is 0 Å². The van der Waals surface area contributed by atoms with Gasteiger partial charge < -0.3 is 10.1 Å². The number of ether oxygens (including phenoxy) is 1. The Morgan fingerprint density at radius 2 is 2.05 bits per heavy atom. The van der Waals surface area contributed by atoms with Crippen LogP contribution >= 0.6 is 23.2 Å². The van der Waals surface area contributed by atoms with Crippen molar-refractivity contribution in [1.29, 1.82) is 0 Å². The molecule has 0 aliphatic carbocycles. The Kier molecular flexibility index (Phi) is 5.91. The summed E-state index contributed by atoms with van der Waals surface area (Å²) in [5.41, 5.74) is 0.258. The summed E-state index contributed by atoms with van der Waals surface area (Å²) < 4.78 is 29.1. The van der Waals surface area contributed by atoms with Crippen molar-refractivity contribution in [2.45, 2.75) is 0 Å². The van der Waals surface area contributed by atoms with Gasteiger partial charge in [0.2, 0.25) is 10.0 Å². The maximum atomic E-state index is 11.8. The van der Waals surface area contributed by atoms with Crippen LogP contribution in [-0.2, 0) is 14.8 Å². The van der Waals surface area contributed by atoms with E-state index in [1.165, 1.54) is 13.2 Å². The van der Waals surface area contributed by atoms with E-state index in [1.54, 1.807) is 12.1 Å². The number of carbonyl (C=O) groups is 1. The van der Waals surface area contributed by atoms with Crippen molar-refractivity contribution in [2.75, 3.05) is 30.8 Å². The van der Waals surface area contributed by atoms with Crippen LogP contribution in [-0.4, -0.2) is 41.0 Å². The van der Waals surface area contributed by atoms with Crippen LogP contribution in [0.2, 0.25) is 10.0 Å². The average molecular weight is 341 g/mol. The molecule has 1 rings (SSSR count). The smallest absolute Gasteiger partial charge is 0.406 e. The molecule has 0 heterocycles. The number of nitrogens with one attached hydrogen (secondary N) is 1. The largest absolute Gasteiger partial charge is 0.453 e. The second kappa shape index (κ2) is 7.01. The highest BCUT2D eigenvalue weighted by Crippen LogP contribution is 2.33. The molecule has 0 aliphatic heterocycles. The number of carbonyl (C=O) groups excluding carboxylic acids is 1. The van der Waals surface area contributed by atoms with Crippen molar-refractivity contribution in [3.63, 3.8) is 0 Å². The van der Waals surface area contributed by atoms with Crippen LogP contribution in [0.1, 0.15) is 0 Å². The van der Waals surface area contributed by atoms with Gasteiger partial charge in [0.15, 0.2) is 0 Å². The van der Waals surface area contributed by atoms with E-state index in [-0.39, 0.29) is 28.8 Å². The van der Waals surface area contributed by atoms with Crippen LogP contribution in [0.15, 0.2) is 18.2 Å². The zero-order chi connectivity index (χ0) is 15.3. The second-order valence-corrected chi connectivity index (χ2v) is 6.52. The van der Waals surface area contributed by atoms with Crippen LogP contribution in [0.4, 0.5) is 10.5 Å². The first-order chi connectivity index (χ1) is 9.27. The van der Waals surface area contributed by atoms with Crippen molar-refractivity contribution in [3.8, 4) is 0 Å². The van der Waals surface area contributed by atoms with Crippen LogP contribution in [0.25, 0.3) is 0 Å². The first kappa shape index (κ1) is 16.9.